The summed E-state index contributed by atoms with van der Waals surface area (Å²) in [7, 11) is 0. The normalized spacial score (nSPS) is 20.4. The Balaban J connectivity index is 1.76. The number of hydrogen-bond acceptors (Lipinski definition) is 2. The summed E-state index contributed by atoms with van der Waals surface area (Å²) in [5.41, 5.74) is 6.90. The molecule has 2 aliphatic rings. The molecule has 0 spiro atoms. The maximum absolute atomic E-state index is 6.44. The quantitative estimate of drug-likeness (QED) is 0.267. The number of ether oxygens (including phenoxy) is 2. The van der Waals surface area contributed by atoms with Gasteiger partial charge in [-0.05, 0) is 0 Å². The molecule has 4 heteroatoms. The summed E-state index contributed by atoms with van der Waals surface area (Å²) in [6.07, 6.45) is 7.01. The molecule has 0 saturated heterocycles. The van der Waals surface area contributed by atoms with E-state index in [2.05, 4.69) is 93.5 Å². The van der Waals surface area contributed by atoms with E-state index in [9.17, 15) is 0 Å². The Hall–Kier alpha value is -0.921. The first-order chi connectivity index (χ1) is 17.7. The number of benzene rings is 2. The van der Waals surface area contributed by atoms with Crippen LogP contribution < -0.4 is 18.4 Å². The van der Waals surface area contributed by atoms with Gasteiger partial charge in [0.1, 0.15) is 0 Å². The van der Waals surface area contributed by atoms with Crippen molar-refractivity contribution >= 4 is 35.2 Å². The minimum absolute atomic E-state index is 0.198. The molecule has 0 radical (unpaired) electrons. The van der Waals surface area contributed by atoms with Gasteiger partial charge < -0.3 is 0 Å². The molecule has 0 fully saturated rings. The Bertz CT molecular complexity index is 1070. The molecule has 2 aliphatic carbocycles. The van der Waals surface area contributed by atoms with Crippen molar-refractivity contribution in [3.05, 3.63) is 46.5 Å². The standard InChI is InChI=1S/C34H50O2Se2/c1-11-17-35-27-19-23-25(33(7,8)15-13-31(23,3)4)21-29(27)37-38-30-22-26-24(20-28(30)36-18-12-2)32(5,6)14-16-34(26,9)10/h19-22H,11-18H2,1-10H3. The van der Waals surface area contributed by atoms with Crippen molar-refractivity contribution in [2.24, 2.45) is 0 Å². The van der Waals surface area contributed by atoms with Gasteiger partial charge in [-0.1, -0.05) is 0 Å². The van der Waals surface area contributed by atoms with Crippen LogP contribution in [0.2, 0.25) is 0 Å². The Morgan fingerprint density at radius 3 is 1.11 bits per heavy atom. The van der Waals surface area contributed by atoms with E-state index < -0.39 is 0 Å². The van der Waals surface area contributed by atoms with Crippen molar-refractivity contribution in [2.75, 3.05) is 13.2 Å². The molecule has 38 heavy (non-hydrogen) atoms. The zero-order valence-corrected chi connectivity index (χ0v) is 29.0. The molecular weight excluding hydrogens is 598 g/mol. The van der Waals surface area contributed by atoms with E-state index in [-0.39, 0.29) is 21.7 Å². The molecule has 2 nitrogen and oxygen atoms in total. The fourth-order valence-electron chi connectivity index (χ4n) is 6.02. The van der Waals surface area contributed by atoms with Gasteiger partial charge >= 0.3 is 245 Å². The van der Waals surface area contributed by atoms with Gasteiger partial charge in [0.25, 0.3) is 0 Å². The van der Waals surface area contributed by atoms with Gasteiger partial charge in [-0.2, -0.15) is 0 Å². The van der Waals surface area contributed by atoms with E-state index in [1.165, 1.54) is 45.7 Å². The van der Waals surface area contributed by atoms with Crippen LogP contribution in [-0.2, 0) is 21.7 Å². The van der Waals surface area contributed by atoms with E-state index in [4.69, 9.17) is 9.47 Å². The van der Waals surface area contributed by atoms with Crippen LogP contribution in [0.3, 0.4) is 0 Å². The van der Waals surface area contributed by atoms with Crippen LogP contribution in [0.4, 0.5) is 0 Å². The molecule has 0 aromatic heterocycles. The fraction of sp³-hybridized carbons (Fsp3) is 0.647. The SMILES string of the molecule is CCCOc1cc2c(cc1[Se][Se]c1cc3c(cc1OCCC)C(C)(C)CCC3(C)C)C(C)(C)CCC2(C)C. The summed E-state index contributed by atoms with van der Waals surface area (Å²) in [5.74, 6) is 2.27. The predicted octanol–water partition coefficient (Wildman–Crippen LogP) is 7.24. The van der Waals surface area contributed by atoms with Gasteiger partial charge in [0.05, 0.1) is 0 Å². The van der Waals surface area contributed by atoms with Crippen LogP contribution in [0.5, 0.6) is 11.5 Å². The number of hydrogen-bond donors (Lipinski definition) is 0. The molecule has 0 amide bonds. The Labute approximate surface area is 244 Å². The van der Waals surface area contributed by atoms with Crippen molar-refractivity contribution < 1.29 is 9.47 Å². The summed E-state index contributed by atoms with van der Waals surface area (Å²) >= 11 is 0.630. The maximum atomic E-state index is 6.44. The van der Waals surface area contributed by atoms with E-state index in [0.717, 1.165) is 37.6 Å². The van der Waals surface area contributed by atoms with Crippen molar-refractivity contribution in [2.45, 2.75) is 129 Å². The number of rotatable bonds is 9. The van der Waals surface area contributed by atoms with Crippen molar-refractivity contribution in [3.63, 3.8) is 0 Å². The molecule has 0 atom stereocenters. The van der Waals surface area contributed by atoms with E-state index >= 15 is 0 Å². The molecule has 210 valence electrons. The fourth-order valence-corrected chi connectivity index (χ4v) is 12.7. The zero-order valence-electron chi connectivity index (χ0n) is 25.6. The second-order valence-electron chi connectivity index (χ2n) is 14.1. The van der Waals surface area contributed by atoms with Gasteiger partial charge in [-0.25, -0.2) is 0 Å². The minimum atomic E-state index is 0.198. The molecule has 0 bridgehead atoms. The average molecular weight is 649 g/mol. The van der Waals surface area contributed by atoms with E-state index in [1.54, 1.807) is 11.1 Å². The Morgan fingerprint density at radius 2 is 0.816 bits per heavy atom. The van der Waals surface area contributed by atoms with E-state index in [0.29, 0.717) is 26.3 Å². The van der Waals surface area contributed by atoms with Crippen LogP contribution in [0.25, 0.3) is 0 Å². The molecule has 0 saturated carbocycles. The molecular formula is C34H50O2Se2. The van der Waals surface area contributed by atoms with Crippen molar-refractivity contribution in [1.29, 1.82) is 0 Å². The molecule has 0 N–H and O–H groups in total. The van der Waals surface area contributed by atoms with Crippen LogP contribution in [-0.4, -0.2) is 39.5 Å². The van der Waals surface area contributed by atoms with Crippen molar-refractivity contribution in [1.82, 2.24) is 0 Å². The second-order valence-corrected chi connectivity index (χ2v) is 20.3. The first-order valence-electron chi connectivity index (χ1n) is 14.7. The summed E-state index contributed by atoms with van der Waals surface area (Å²) in [5, 5.41) is 0. The summed E-state index contributed by atoms with van der Waals surface area (Å²) in [4.78, 5) is 0. The molecule has 2 aromatic carbocycles. The molecule has 4 rings (SSSR count). The van der Waals surface area contributed by atoms with E-state index in [1.807, 2.05) is 0 Å². The van der Waals surface area contributed by atoms with Crippen LogP contribution in [0.15, 0.2) is 24.3 Å². The monoisotopic (exact) mass is 650 g/mol. The van der Waals surface area contributed by atoms with Crippen LogP contribution >= 0.6 is 0 Å². The van der Waals surface area contributed by atoms with Gasteiger partial charge in [-0.15, -0.1) is 0 Å². The number of fused-ring (bicyclic) bond motifs is 2. The zero-order chi connectivity index (χ0) is 27.9. The average Bonchev–Trinajstić information content (AvgIpc) is 2.85. The Kier molecular flexibility index (Phi) is 8.82. The first-order valence-corrected chi connectivity index (χ1v) is 20.7. The summed E-state index contributed by atoms with van der Waals surface area (Å²) in [6, 6.07) is 9.93. The molecule has 0 unspecified atom stereocenters. The first kappa shape index (κ1) is 30.0. The van der Waals surface area contributed by atoms with Gasteiger partial charge in [-0.3, -0.25) is 0 Å². The topological polar surface area (TPSA) is 18.5 Å². The third-order valence-electron chi connectivity index (χ3n) is 8.98. The van der Waals surface area contributed by atoms with Crippen LogP contribution in [0.1, 0.15) is 130 Å². The summed E-state index contributed by atoms with van der Waals surface area (Å²) < 4.78 is 15.8. The van der Waals surface area contributed by atoms with Crippen molar-refractivity contribution in [3.8, 4) is 11.5 Å². The van der Waals surface area contributed by atoms with Gasteiger partial charge in [0, 0.05) is 0 Å². The van der Waals surface area contributed by atoms with Crippen LogP contribution in [0, 0.1) is 0 Å². The van der Waals surface area contributed by atoms with Gasteiger partial charge in [0.15, 0.2) is 0 Å². The second kappa shape index (κ2) is 11.2. The summed E-state index contributed by atoms with van der Waals surface area (Å²) in [6.45, 7) is 25.3. The third-order valence-corrected chi connectivity index (χ3v) is 16.1. The molecule has 0 aliphatic heterocycles. The predicted molar refractivity (Wildman–Crippen MR) is 166 cm³/mol. The molecule has 2 aromatic rings. The molecule has 0 heterocycles. The Morgan fingerprint density at radius 1 is 0.526 bits per heavy atom. The third kappa shape index (κ3) is 6.05. The van der Waals surface area contributed by atoms with Gasteiger partial charge in [0.2, 0.25) is 0 Å².